The van der Waals surface area contributed by atoms with Gasteiger partial charge in [0.15, 0.2) is 0 Å². The minimum Gasteiger partial charge on any atom is -0.379 e. The molecule has 3 aromatic rings. The first-order valence-electron chi connectivity index (χ1n) is 9.65. The highest BCUT2D eigenvalue weighted by molar-refractivity contribution is 7.13. The molecular formula is C22H21Cl2N3O2S. The maximum Gasteiger partial charge on any atom is 0.230 e. The Labute approximate surface area is 189 Å². The summed E-state index contributed by atoms with van der Waals surface area (Å²) in [6, 6.07) is 13.4. The predicted molar refractivity (Wildman–Crippen MR) is 122 cm³/mol. The van der Waals surface area contributed by atoms with Crippen molar-refractivity contribution in [2.45, 2.75) is 13.0 Å². The first-order valence-corrected chi connectivity index (χ1v) is 11.3. The van der Waals surface area contributed by atoms with Crippen LogP contribution in [0.5, 0.6) is 0 Å². The van der Waals surface area contributed by atoms with Crippen LogP contribution >= 0.6 is 34.5 Å². The number of carbonyl (C=O) groups excluding carboxylic acids is 1. The van der Waals surface area contributed by atoms with Crippen LogP contribution in [-0.2, 0) is 22.5 Å². The molecule has 5 nitrogen and oxygen atoms in total. The van der Waals surface area contributed by atoms with Gasteiger partial charge in [0.2, 0.25) is 5.91 Å². The first kappa shape index (κ1) is 21.3. The largest absolute Gasteiger partial charge is 0.379 e. The van der Waals surface area contributed by atoms with Gasteiger partial charge >= 0.3 is 0 Å². The predicted octanol–water partition coefficient (Wildman–Crippen LogP) is 5.13. The normalized spacial score (nSPS) is 14.6. The van der Waals surface area contributed by atoms with Crippen LogP contribution < -0.4 is 5.32 Å². The third-order valence-corrected chi connectivity index (χ3v) is 6.46. The fraction of sp³-hybridized carbons (Fsp3) is 0.273. The van der Waals surface area contributed by atoms with E-state index in [0.717, 1.165) is 49.1 Å². The van der Waals surface area contributed by atoms with Crippen LogP contribution in [0.3, 0.4) is 0 Å². The Morgan fingerprint density at radius 2 is 1.97 bits per heavy atom. The monoisotopic (exact) mass is 461 g/mol. The van der Waals surface area contributed by atoms with Gasteiger partial charge in [0, 0.05) is 36.3 Å². The SMILES string of the molecule is O=C(Cc1csc(-c2cccc(CN3CCOCC3)c2)n1)Nc1ccc(Cl)c(Cl)c1. The van der Waals surface area contributed by atoms with Crippen LogP contribution in [0.25, 0.3) is 10.6 Å². The van der Waals surface area contributed by atoms with Crippen molar-refractivity contribution in [3.63, 3.8) is 0 Å². The second-order valence-corrected chi connectivity index (χ2v) is 8.76. The number of aromatic nitrogens is 1. The second-order valence-electron chi connectivity index (χ2n) is 7.09. The fourth-order valence-electron chi connectivity index (χ4n) is 3.28. The summed E-state index contributed by atoms with van der Waals surface area (Å²) < 4.78 is 5.42. The van der Waals surface area contributed by atoms with Gasteiger partial charge in [-0.1, -0.05) is 41.4 Å². The van der Waals surface area contributed by atoms with E-state index in [1.165, 1.54) is 5.56 Å². The van der Waals surface area contributed by atoms with Crippen molar-refractivity contribution in [3.8, 4) is 10.6 Å². The number of thiazole rings is 1. The molecule has 0 bridgehead atoms. The number of benzene rings is 2. The minimum atomic E-state index is -0.147. The maximum absolute atomic E-state index is 12.4. The van der Waals surface area contributed by atoms with Gasteiger partial charge in [0.25, 0.3) is 0 Å². The number of nitrogens with one attached hydrogen (secondary N) is 1. The molecule has 1 N–H and O–H groups in total. The maximum atomic E-state index is 12.4. The van der Waals surface area contributed by atoms with E-state index in [0.29, 0.717) is 15.7 Å². The number of ether oxygens (including phenoxy) is 1. The lowest BCUT2D eigenvalue weighted by atomic mass is 10.1. The Morgan fingerprint density at radius 3 is 2.77 bits per heavy atom. The quantitative estimate of drug-likeness (QED) is 0.552. The third-order valence-electron chi connectivity index (χ3n) is 4.78. The van der Waals surface area contributed by atoms with Crippen LogP contribution in [0, 0.1) is 0 Å². The Hall–Kier alpha value is -1.96. The molecule has 0 aliphatic carbocycles. The smallest absolute Gasteiger partial charge is 0.230 e. The Kier molecular flexibility index (Phi) is 7.02. The lowest BCUT2D eigenvalue weighted by molar-refractivity contribution is -0.115. The van der Waals surface area contributed by atoms with Gasteiger partial charge in [-0.05, 0) is 29.8 Å². The molecule has 2 heterocycles. The van der Waals surface area contributed by atoms with E-state index in [1.807, 2.05) is 5.38 Å². The molecule has 1 fully saturated rings. The topological polar surface area (TPSA) is 54.5 Å². The molecule has 1 amide bonds. The molecule has 0 atom stereocenters. The molecule has 4 rings (SSSR count). The van der Waals surface area contributed by atoms with E-state index in [4.69, 9.17) is 27.9 Å². The third kappa shape index (κ3) is 5.59. The summed E-state index contributed by atoms with van der Waals surface area (Å²) in [4.78, 5) is 19.4. The van der Waals surface area contributed by atoms with E-state index in [9.17, 15) is 4.79 Å². The lowest BCUT2D eigenvalue weighted by Gasteiger charge is -2.26. The molecule has 0 unspecified atom stereocenters. The highest BCUT2D eigenvalue weighted by atomic mass is 35.5. The molecule has 30 heavy (non-hydrogen) atoms. The summed E-state index contributed by atoms with van der Waals surface area (Å²) >= 11 is 13.5. The minimum absolute atomic E-state index is 0.147. The molecule has 0 spiro atoms. The van der Waals surface area contributed by atoms with Gasteiger partial charge in [-0.3, -0.25) is 9.69 Å². The number of morpholine rings is 1. The molecule has 1 aliphatic heterocycles. The molecule has 8 heteroatoms. The van der Waals surface area contributed by atoms with E-state index in [1.54, 1.807) is 29.5 Å². The van der Waals surface area contributed by atoms with Gasteiger partial charge in [-0.2, -0.15) is 0 Å². The highest BCUT2D eigenvalue weighted by Gasteiger charge is 2.13. The number of carbonyl (C=O) groups is 1. The Balaban J connectivity index is 1.39. The molecule has 1 aromatic heterocycles. The van der Waals surface area contributed by atoms with Crippen molar-refractivity contribution in [3.05, 3.63) is 69.1 Å². The van der Waals surface area contributed by atoms with Gasteiger partial charge < -0.3 is 10.1 Å². The standard InChI is InChI=1S/C22H21Cl2N3O2S/c23-19-5-4-17(11-20(19)24)25-21(28)12-18-14-30-22(26-18)16-3-1-2-15(10-16)13-27-6-8-29-9-7-27/h1-5,10-11,14H,6-9,12-13H2,(H,25,28). The van der Waals surface area contributed by atoms with E-state index in [-0.39, 0.29) is 12.3 Å². The van der Waals surface area contributed by atoms with E-state index in [2.05, 4.69) is 39.5 Å². The number of halogens is 2. The van der Waals surface area contributed by atoms with Crippen molar-refractivity contribution >= 4 is 46.1 Å². The van der Waals surface area contributed by atoms with E-state index >= 15 is 0 Å². The zero-order valence-electron chi connectivity index (χ0n) is 16.2. The molecule has 0 radical (unpaired) electrons. The number of hydrogen-bond donors (Lipinski definition) is 1. The molecule has 0 saturated carbocycles. The summed E-state index contributed by atoms with van der Waals surface area (Å²) in [7, 11) is 0. The zero-order valence-corrected chi connectivity index (χ0v) is 18.6. The molecule has 156 valence electrons. The Bertz CT molecular complexity index is 1030. The summed E-state index contributed by atoms with van der Waals surface area (Å²) in [5, 5.41) is 6.53. The Morgan fingerprint density at radius 1 is 1.13 bits per heavy atom. The van der Waals surface area contributed by atoms with Crippen molar-refractivity contribution in [1.82, 2.24) is 9.88 Å². The number of nitrogens with zero attached hydrogens (tertiary/aromatic N) is 2. The van der Waals surface area contributed by atoms with Crippen molar-refractivity contribution in [1.29, 1.82) is 0 Å². The van der Waals surface area contributed by atoms with Crippen molar-refractivity contribution in [2.24, 2.45) is 0 Å². The highest BCUT2D eigenvalue weighted by Crippen LogP contribution is 2.27. The fourth-order valence-corrected chi connectivity index (χ4v) is 4.40. The molecule has 1 aliphatic rings. The van der Waals surface area contributed by atoms with Crippen LogP contribution in [0.2, 0.25) is 10.0 Å². The summed E-state index contributed by atoms with van der Waals surface area (Å²) in [6.45, 7) is 4.40. The number of amides is 1. The molecule has 1 saturated heterocycles. The zero-order chi connectivity index (χ0) is 20.9. The van der Waals surface area contributed by atoms with Crippen LogP contribution in [0.4, 0.5) is 5.69 Å². The van der Waals surface area contributed by atoms with Gasteiger partial charge in [0.1, 0.15) is 5.01 Å². The van der Waals surface area contributed by atoms with Crippen molar-refractivity contribution in [2.75, 3.05) is 31.6 Å². The second kappa shape index (κ2) is 9.90. The average Bonchev–Trinajstić information content (AvgIpc) is 3.20. The van der Waals surface area contributed by atoms with Crippen LogP contribution in [-0.4, -0.2) is 42.1 Å². The summed E-state index contributed by atoms with van der Waals surface area (Å²) in [6.07, 6.45) is 0.199. The molecule has 2 aromatic carbocycles. The lowest BCUT2D eigenvalue weighted by Crippen LogP contribution is -2.35. The summed E-state index contributed by atoms with van der Waals surface area (Å²) in [5.74, 6) is -0.147. The number of anilines is 1. The molecular weight excluding hydrogens is 441 g/mol. The number of hydrogen-bond acceptors (Lipinski definition) is 5. The van der Waals surface area contributed by atoms with Crippen LogP contribution in [0.15, 0.2) is 47.8 Å². The van der Waals surface area contributed by atoms with Gasteiger partial charge in [0.05, 0.1) is 35.4 Å². The van der Waals surface area contributed by atoms with Crippen LogP contribution in [0.1, 0.15) is 11.3 Å². The van der Waals surface area contributed by atoms with Gasteiger partial charge in [-0.25, -0.2) is 4.98 Å². The summed E-state index contributed by atoms with van der Waals surface area (Å²) in [5.41, 5.74) is 3.68. The first-order chi connectivity index (χ1) is 14.6. The number of rotatable bonds is 6. The van der Waals surface area contributed by atoms with Crippen molar-refractivity contribution < 1.29 is 9.53 Å². The average molecular weight is 462 g/mol. The van der Waals surface area contributed by atoms with E-state index < -0.39 is 0 Å². The van der Waals surface area contributed by atoms with Gasteiger partial charge in [-0.15, -0.1) is 11.3 Å².